The van der Waals surface area contributed by atoms with Crippen LogP contribution in [0.5, 0.6) is 0 Å². The zero-order valence-electron chi connectivity index (χ0n) is 9.99. The number of aliphatic hydroxyl groups excluding tert-OH is 1. The number of hydrogen-bond acceptors (Lipinski definition) is 2. The van der Waals surface area contributed by atoms with E-state index in [0.717, 1.165) is 12.3 Å². The smallest absolute Gasteiger partial charge is 0.0695 e. The van der Waals surface area contributed by atoms with Crippen molar-refractivity contribution in [2.45, 2.75) is 64.0 Å². The van der Waals surface area contributed by atoms with E-state index in [-0.39, 0.29) is 6.10 Å². The second kappa shape index (κ2) is 5.31. The van der Waals surface area contributed by atoms with Crippen LogP contribution in [0.3, 0.4) is 0 Å². The Hall–Kier alpha value is -0.0800. The van der Waals surface area contributed by atoms with Crippen molar-refractivity contribution >= 4 is 0 Å². The van der Waals surface area contributed by atoms with E-state index < -0.39 is 0 Å². The molecule has 2 fully saturated rings. The first-order valence-corrected chi connectivity index (χ1v) is 6.73. The van der Waals surface area contributed by atoms with Crippen molar-refractivity contribution in [3.8, 4) is 0 Å². The standard InChI is InChI=1S/C13H25NO/c1-2-9-14(10-11-7-8-11)12-5-3-4-6-13(12)15/h11-13,15H,2-10H2,1H3/t12-,13-/m0/s1. The normalized spacial score (nSPS) is 32.2. The van der Waals surface area contributed by atoms with Crippen LogP contribution in [-0.2, 0) is 0 Å². The Morgan fingerprint density at radius 1 is 1.13 bits per heavy atom. The van der Waals surface area contributed by atoms with Gasteiger partial charge in [-0.2, -0.15) is 0 Å². The quantitative estimate of drug-likeness (QED) is 0.755. The third-order valence-corrected chi connectivity index (χ3v) is 3.86. The van der Waals surface area contributed by atoms with E-state index in [9.17, 15) is 5.11 Å². The molecule has 2 rings (SSSR count). The van der Waals surface area contributed by atoms with Crippen LogP contribution in [-0.4, -0.2) is 35.2 Å². The van der Waals surface area contributed by atoms with Crippen molar-refractivity contribution in [2.75, 3.05) is 13.1 Å². The molecule has 0 heterocycles. The van der Waals surface area contributed by atoms with Gasteiger partial charge in [-0.3, -0.25) is 4.90 Å². The molecule has 2 saturated carbocycles. The Morgan fingerprint density at radius 2 is 1.87 bits per heavy atom. The lowest BCUT2D eigenvalue weighted by atomic mass is 9.91. The van der Waals surface area contributed by atoms with Gasteiger partial charge in [0.05, 0.1) is 6.10 Å². The molecule has 0 aromatic carbocycles. The van der Waals surface area contributed by atoms with Crippen LogP contribution in [0.25, 0.3) is 0 Å². The molecule has 2 heteroatoms. The molecule has 0 saturated heterocycles. The largest absolute Gasteiger partial charge is 0.391 e. The summed E-state index contributed by atoms with van der Waals surface area (Å²) in [6, 6.07) is 0.472. The summed E-state index contributed by atoms with van der Waals surface area (Å²) in [4.78, 5) is 2.57. The van der Waals surface area contributed by atoms with Crippen LogP contribution in [0, 0.1) is 5.92 Å². The first-order valence-electron chi connectivity index (χ1n) is 6.73. The van der Waals surface area contributed by atoms with E-state index in [1.54, 1.807) is 0 Å². The minimum absolute atomic E-state index is 0.0518. The van der Waals surface area contributed by atoms with Gasteiger partial charge >= 0.3 is 0 Å². The predicted molar refractivity (Wildman–Crippen MR) is 62.9 cm³/mol. The van der Waals surface area contributed by atoms with E-state index in [4.69, 9.17) is 0 Å². The molecule has 0 aromatic heterocycles. The van der Waals surface area contributed by atoms with Crippen molar-refractivity contribution in [3.63, 3.8) is 0 Å². The number of nitrogens with zero attached hydrogens (tertiary/aromatic N) is 1. The number of aliphatic hydroxyl groups is 1. The highest BCUT2D eigenvalue weighted by Gasteiger charge is 2.32. The fourth-order valence-electron chi connectivity index (χ4n) is 2.83. The number of hydrogen-bond donors (Lipinski definition) is 1. The average molecular weight is 211 g/mol. The lowest BCUT2D eigenvalue weighted by molar-refractivity contribution is 0.0175. The van der Waals surface area contributed by atoms with Gasteiger partial charge in [-0.05, 0) is 44.6 Å². The van der Waals surface area contributed by atoms with Crippen molar-refractivity contribution in [2.24, 2.45) is 5.92 Å². The van der Waals surface area contributed by atoms with E-state index in [0.29, 0.717) is 6.04 Å². The van der Waals surface area contributed by atoms with Gasteiger partial charge in [-0.1, -0.05) is 19.8 Å². The molecule has 0 aliphatic heterocycles. The minimum Gasteiger partial charge on any atom is -0.391 e. The zero-order valence-corrected chi connectivity index (χ0v) is 9.99. The molecule has 2 nitrogen and oxygen atoms in total. The zero-order chi connectivity index (χ0) is 10.7. The van der Waals surface area contributed by atoms with Crippen LogP contribution in [0.15, 0.2) is 0 Å². The van der Waals surface area contributed by atoms with Crippen molar-refractivity contribution in [3.05, 3.63) is 0 Å². The molecule has 0 amide bonds. The van der Waals surface area contributed by atoms with Gasteiger partial charge in [0.2, 0.25) is 0 Å². The highest BCUT2D eigenvalue weighted by Crippen LogP contribution is 2.32. The van der Waals surface area contributed by atoms with Crippen LogP contribution in [0.4, 0.5) is 0 Å². The van der Waals surface area contributed by atoms with Crippen LogP contribution in [0.2, 0.25) is 0 Å². The molecule has 88 valence electrons. The summed E-state index contributed by atoms with van der Waals surface area (Å²) in [7, 11) is 0. The Labute approximate surface area is 93.7 Å². The van der Waals surface area contributed by atoms with Gasteiger partial charge < -0.3 is 5.11 Å². The molecule has 2 atom stereocenters. The average Bonchev–Trinajstić information content (AvgIpc) is 3.02. The highest BCUT2D eigenvalue weighted by molar-refractivity contribution is 4.86. The maximum atomic E-state index is 10.1. The summed E-state index contributed by atoms with van der Waals surface area (Å²) in [6.45, 7) is 4.67. The maximum absolute atomic E-state index is 10.1. The maximum Gasteiger partial charge on any atom is 0.0695 e. The topological polar surface area (TPSA) is 23.5 Å². The van der Waals surface area contributed by atoms with Crippen molar-refractivity contribution < 1.29 is 5.11 Å². The van der Waals surface area contributed by atoms with Crippen LogP contribution in [0.1, 0.15) is 51.9 Å². The van der Waals surface area contributed by atoms with E-state index in [1.165, 1.54) is 51.6 Å². The second-order valence-electron chi connectivity index (χ2n) is 5.36. The fourth-order valence-corrected chi connectivity index (χ4v) is 2.83. The lowest BCUT2D eigenvalue weighted by Crippen LogP contribution is -2.46. The molecule has 15 heavy (non-hydrogen) atoms. The first-order chi connectivity index (χ1) is 7.31. The Morgan fingerprint density at radius 3 is 2.47 bits per heavy atom. The summed E-state index contributed by atoms with van der Waals surface area (Å²) in [5.74, 6) is 0.950. The second-order valence-corrected chi connectivity index (χ2v) is 5.36. The third kappa shape index (κ3) is 3.18. The van der Waals surface area contributed by atoms with E-state index >= 15 is 0 Å². The minimum atomic E-state index is -0.0518. The summed E-state index contributed by atoms with van der Waals surface area (Å²) >= 11 is 0. The molecule has 0 bridgehead atoms. The monoisotopic (exact) mass is 211 g/mol. The summed E-state index contributed by atoms with van der Waals surface area (Å²) in [6.07, 6.45) is 8.78. The van der Waals surface area contributed by atoms with Gasteiger partial charge in [0.25, 0.3) is 0 Å². The van der Waals surface area contributed by atoms with Crippen molar-refractivity contribution in [1.82, 2.24) is 4.90 Å². The molecule has 0 unspecified atom stereocenters. The molecular weight excluding hydrogens is 186 g/mol. The SMILES string of the molecule is CCCN(CC1CC1)[C@H]1CCCC[C@@H]1O. The molecule has 1 N–H and O–H groups in total. The van der Waals surface area contributed by atoms with Gasteiger partial charge in [-0.15, -0.1) is 0 Å². The van der Waals surface area contributed by atoms with Gasteiger partial charge in [0.15, 0.2) is 0 Å². The summed E-state index contributed by atoms with van der Waals surface area (Å²) in [5, 5.41) is 10.1. The first kappa shape index (κ1) is 11.4. The molecule has 2 aliphatic carbocycles. The Kier molecular flexibility index (Phi) is 4.04. The Bertz CT molecular complexity index is 191. The van der Waals surface area contributed by atoms with Crippen molar-refractivity contribution in [1.29, 1.82) is 0 Å². The fraction of sp³-hybridized carbons (Fsp3) is 1.00. The molecule has 0 radical (unpaired) electrons. The summed E-state index contributed by atoms with van der Waals surface area (Å²) in [5.41, 5.74) is 0. The van der Waals surface area contributed by atoms with Crippen LogP contribution < -0.4 is 0 Å². The van der Waals surface area contributed by atoms with Crippen LogP contribution >= 0.6 is 0 Å². The van der Waals surface area contributed by atoms with E-state index in [2.05, 4.69) is 11.8 Å². The number of rotatable bonds is 5. The van der Waals surface area contributed by atoms with Gasteiger partial charge in [0, 0.05) is 12.6 Å². The van der Waals surface area contributed by atoms with Gasteiger partial charge in [-0.25, -0.2) is 0 Å². The molecular formula is C13H25NO. The Balaban J connectivity index is 1.88. The predicted octanol–water partition coefficient (Wildman–Crippen LogP) is 2.41. The molecule has 0 spiro atoms. The summed E-state index contributed by atoms with van der Waals surface area (Å²) < 4.78 is 0. The lowest BCUT2D eigenvalue weighted by Gasteiger charge is -2.37. The molecule has 2 aliphatic rings. The van der Waals surface area contributed by atoms with E-state index in [1.807, 2.05) is 0 Å². The third-order valence-electron chi connectivity index (χ3n) is 3.86. The highest BCUT2D eigenvalue weighted by atomic mass is 16.3. The molecule has 0 aromatic rings. The van der Waals surface area contributed by atoms with Gasteiger partial charge in [0.1, 0.15) is 0 Å².